The number of rotatable bonds is 4. The van der Waals surface area contributed by atoms with Gasteiger partial charge in [0.05, 0.1) is 31.4 Å². The summed E-state index contributed by atoms with van der Waals surface area (Å²) in [5.41, 5.74) is 0.511. The molecule has 1 aliphatic rings. The number of halogens is 1. The summed E-state index contributed by atoms with van der Waals surface area (Å²) in [7, 11) is 0. The summed E-state index contributed by atoms with van der Waals surface area (Å²) in [4.78, 5) is 23.3. The molecule has 0 atom stereocenters. The van der Waals surface area contributed by atoms with E-state index in [0.717, 1.165) is 0 Å². The molecule has 18 heavy (non-hydrogen) atoms. The van der Waals surface area contributed by atoms with Crippen molar-refractivity contribution in [1.82, 2.24) is 10.6 Å². The Kier molecular flexibility index (Phi) is 4.33. The highest BCUT2D eigenvalue weighted by Crippen LogP contribution is 2.15. The van der Waals surface area contributed by atoms with E-state index >= 15 is 0 Å². The third kappa shape index (κ3) is 3.30. The predicted octanol–water partition coefficient (Wildman–Crippen LogP) is 0.694. The van der Waals surface area contributed by atoms with Crippen LogP contribution < -0.4 is 10.6 Å². The molecule has 2 N–H and O–H groups in total. The minimum Gasteiger partial charge on any atom is -0.377 e. The van der Waals surface area contributed by atoms with Crippen LogP contribution in [0.1, 0.15) is 10.4 Å². The number of ether oxygens (including phenoxy) is 1. The summed E-state index contributed by atoms with van der Waals surface area (Å²) in [5, 5.41) is 5.32. The zero-order valence-electron chi connectivity index (χ0n) is 9.61. The second kappa shape index (κ2) is 5.97. The molecule has 0 spiro atoms. The average Bonchev–Trinajstić information content (AvgIpc) is 2.31. The Morgan fingerprint density at radius 1 is 1.33 bits per heavy atom. The minimum atomic E-state index is -0.275. The molecule has 0 radical (unpaired) electrons. The normalized spacial score (nSPS) is 14.7. The third-order valence-corrected chi connectivity index (χ3v) is 3.22. The molecule has 2 rings (SSSR count). The number of nitrogens with one attached hydrogen (secondary N) is 2. The van der Waals surface area contributed by atoms with Crippen molar-refractivity contribution in [1.29, 1.82) is 0 Å². The summed E-state index contributed by atoms with van der Waals surface area (Å²) in [6, 6.07) is 7.14. The van der Waals surface area contributed by atoms with Gasteiger partial charge >= 0.3 is 0 Å². The number of carbonyl (C=O) groups excluding carboxylic acids is 2. The Labute approximate surface area is 113 Å². The van der Waals surface area contributed by atoms with Crippen LogP contribution in [0.25, 0.3) is 0 Å². The maximum absolute atomic E-state index is 11.8. The van der Waals surface area contributed by atoms with Crippen LogP contribution in [0.15, 0.2) is 28.7 Å². The molecular formula is C12H13BrN2O3. The lowest BCUT2D eigenvalue weighted by Gasteiger charge is -2.26. The molecule has 5 nitrogen and oxygen atoms in total. The van der Waals surface area contributed by atoms with Crippen LogP contribution in [-0.2, 0) is 9.53 Å². The van der Waals surface area contributed by atoms with Gasteiger partial charge in [0.15, 0.2) is 0 Å². The molecule has 0 bridgehead atoms. The van der Waals surface area contributed by atoms with Crippen molar-refractivity contribution in [2.45, 2.75) is 6.04 Å². The monoisotopic (exact) mass is 312 g/mol. The molecule has 0 aliphatic carbocycles. The Bertz CT molecular complexity index is 460. The standard InChI is InChI=1S/C12H13BrN2O3/c13-10-4-2-1-3-9(10)12(17)14-5-11(16)15-8-6-18-7-8/h1-4,8H,5-7H2,(H,14,17)(H,15,16). The highest BCUT2D eigenvalue weighted by molar-refractivity contribution is 9.10. The second-order valence-corrected chi connectivity index (χ2v) is 4.82. The topological polar surface area (TPSA) is 67.4 Å². The number of hydrogen-bond donors (Lipinski definition) is 2. The minimum absolute atomic E-state index is 0.0311. The fourth-order valence-electron chi connectivity index (χ4n) is 1.50. The van der Waals surface area contributed by atoms with Crippen molar-refractivity contribution in [3.05, 3.63) is 34.3 Å². The van der Waals surface area contributed by atoms with Gasteiger partial charge in [0, 0.05) is 4.47 Å². The van der Waals surface area contributed by atoms with E-state index in [2.05, 4.69) is 26.6 Å². The summed E-state index contributed by atoms with van der Waals surface area (Å²) in [6.07, 6.45) is 0. The molecule has 0 saturated carbocycles. The zero-order valence-corrected chi connectivity index (χ0v) is 11.2. The fourth-order valence-corrected chi connectivity index (χ4v) is 1.96. The van der Waals surface area contributed by atoms with Crippen LogP contribution in [0.4, 0.5) is 0 Å². The summed E-state index contributed by atoms with van der Waals surface area (Å²) >= 11 is 3.29. The smallest absolute Gasteiger partial charge is 0.252 e. The van der Waals surface area contributed by atoms with Gasteiger partial charge in [-0.15, -0.1) is 0 Å². The van der Waals surface area contributed by atoms with E-state index in [9.17, 15) is 9.59 Å². The molecule has 1 saturated heterocycles. The Balaban J connectivity index is 1.81. The lowest BCUT2D eigenvalue weighted by molar-refractivity contribution is -0.124. The van der Waals surface area contributed by atoms with E-state index in [-0.39, 0.29) is 24.4 Å². The molecule has 1 heterocycles. The van der Waals surface area contributed by atoms with Gasteiger partial charge < -0.3 is 15.4 Å². The highest BCUT2D eigenvalue weighted by Gasteiger charge is 2.20. The molecule has 1 aromatic carbocycles. The molecule has 1 aromatic rings. The summed E-state index contributed by atoms with van der Waals surface area (Å²) in [6.45, 7) is 1.06. The Morgan fingerprint density at radius 2 is 2.06 bits per heavy atom. The first kappa shape index (κ1) is 13.0. The quantitative estimate of drug-likeness (QED) is 0.860. The van der Waals surface area contributed by atoms with E-state index < -0.39 is 0 Å². The molecule has 2 amide bonds. The van der Waals surface area contributed by atoms with Crippen LogP contribution in [0.2, 0.25) is 0 Å². The third-order valence-electron chi connectivity index (χ3n) is 2.53. The fraction of sp³-hybridized carbons (Fsp3) is 0.333. The van der Waals surface area contributed by atoms with Gasteiger partial charge in [-0.25, -0.2) is 0 Å². The van der Waals surface area contributed by atoms with Gasteiger partial charge in [0.2, 0.25) is 5.91 Å². The number of amides is 2. The molecule has 1 aliphatic heterocycles. The van der Waals surface area contributed by atoms with Gasteiger partial charge in [0.1, 0.15) is 0 Å². The number of hydrogen-bond acceptors (Lipinski definition) is 3. The Hall–Kier alpha value is -1.40. The lowest BCUT2D eigenvalue weighted by Crippen LogP contribution is -2.51. The van der Waals surface area contributed by atoms with Crippen molar-refractivity contribution in [2.75, 3.05) is 19.8 Å². The summed E-state index contributed by atoms with van der Waals surface area (Å²) in [5.74, 6) is -0.480. The van der Waals surface area contributed by atoms with E-state index in [1.165, 1.54) is 0 Å². The van der Waals surface area contributed by atoms with Gasteiger partial charge in [-0.05, 0) is 28.1 Å². The van der Waals surface area contributed by atoms with Crippen LogP contribution >= 0.6 is 15.9 Å². The van der Waals surface area contributed by atoms with E-state index in [0.29, 0.717) is 23.2 Å². The van der Waals surface area contributed by atoms with Crippen LogP contribution in [-0.4, -0.2) is 37.6 Å². The molecule has 1 fully saturated rings. The van der Waals surface area contributed by atoms with E-state index in [1.807, 2.05) is 6.07 Å². The van der Waals surface area contributed by atoms with E-state index in [4.69, 9.17) is 4.74 Å². The summed E-state index contributed by atoms with van der Waals surface area (Å²) < 4.78 is 5.64. The lowest BCUT2D eigenvalue weighted by atomic mass is 10.2. The van der Waals surface area contributed by atoms with Gasteiger partial charge in [-0.3, -0.25) is 9.59 Å². The van der Waals surface area contributed by atoms with Crippen LogP contribution in [0.5, 0.6) is 0 Å². The first-order chi connectivity index (χ1) is 8.66. The van der Waals surface area contributed by atoms with Gasteiger partial charge in [-0.1, -0.05) is 12.1 Å². The van der Waals surface area contributed by atoms with Crippen molar-refractivity contribution < 1.29 is 14.3 Å². The first-order valence-corrected chi connectivity index (χ1v) is 6.36. The predicted molar refractivity (Wildman–Crippen MR) is 69.2 cm³/mol. The SMILES string of the molecule is O=C(CNC(=O)c1ccccc1Br)NC1COC1. The maximum Gasteiger partial charge on any atom is 0.252 e. The maximum atomic E-state index is 11.8. The van der Waals surface area contributed by atoms with Crippen LogP contribution in [0.3, 0.4) is 0 Å². The van der Waals surface area contributed by atoms with Crippen molar-refractivity contribution >= 4 is 27.7 Å². The molecule has 96 valence electrons. The average molecular weight is 313 g/mol. The first-order valence-electron chi connectivity index (χ1n) is 5.56. The second-order valence-electron chi connectivity index (χ2n) is 3.96. The molecule has 0 unspecified atom stereocenters. The van der Waals surface area contributed by atoms with Crippen molar-refractivity contribution in [2.24, 2.45) is 0 Å². The molecule has 0 aromatic heterocycles. The number of benzene rings is 1. The van der Waals surface area contributed by atoms with Gasteiger partial charge in [-0.2, -0.15) is 0 Å². The molecule has 6 heteroatoms. The van der Waals surface area contributed by atoms with Crippen molar-refractivity contribution in [3.63, 3.8) is 0 Å². The van der Waals surface area contributed by atoms with Crippen molar-refractivity contribution in [3.8, 4) is 0 Å². The Morgan fingerprint density at radius 3 is 2.67 bits per heavy atom. The zero-order chi connectivity index (χ0) is 13.0. The highest BCUT2D eigenvalue weighted by atomic mass is 79.9. The van der Waals surface area contributed by atoms with Crippen LogP contribution in [0, 0.1) is 0 Å². The van der Waals surface area contributed by atoms with Gasteiger partial charge in [0.25, 0.3) is 5.91 Å². The molecular weight excluding hydrogens is 300 g/mol. The largest absolute Gasteiger partial charge is 0.377 e. The number of carbonyl (C=O) groups is 2. The van der Waals surface area contributed by atoms with E-state index in [1.54, 1.807) is 18.2 Å².